The zero-order chi connectivity index (χ0) is 14.9. The molecule has 0 unspecified atom stereocenters. The SMILES string of the molecule is CCCNc1ccc(C(=O)NCCCn2ccnn2)nn1. The summed E-state index contributed by atoms with van der Waals surface area (Å²) in [5, 5.41) is 21.3. The van der Waals surface area contributed by atoms with Gasteiger partial charge >= 0.3 is 0 Å². The first-order valence-corrected chi connectivity index (χ1v) is 6.99. The average molecular weight is 289 g/mol. The van der Waals surface area contributed by atoms with E-state index in [2.05, 4.69) is 38.1 Å². The molecule has 8 nitrogen and oxygen atoms in total. The second kappa shape index (κ2) is 7.93. The number of rotatable bonds is 8. The van der Waals surface area contributed by atoms with E-state index >= 15 is 0 Å². The van der Waals surface area contributed by atoms with Crippen LogP contribution in [0.3, 0.4) is 0 Å². The van der Waals surface area contributed by atoms with Crippen molar-refractivity contribution in [2.75, 3.05) is 18.4 Å². The second-order valence-corrected chi connectivity index (χ2v) is 4.51. The molecule has 2 heterocycles. The molecule has 1 amide bonds. The lowest BCUT2D eigenvalue weighted by Crippen LogP contribution is -2.26. The topological polar surface area (TPSA) is 97.6 Å². The monoisotopic (exact) mass is 289 g/mol. The first kappa shape index (κ1) is 14.9. The summed E-state index contributed by atoms with van der Waals surface area (Å²) >= 11 is 0. The molecule has 2 aromatic heterocycles. The maximum Gasteiger partial charge on any atom is 0.271 e. The molecule has 0 aliphatic heterocycles. The molecule has 0 saturated heterocycles. The van der Waals surface area contributed by atoms with Gasteiger partial charge in [-0.3, -0.25) is 9.48 Å². The Bertz CT molecular complexity index is 538. The van der Waals surface area contributed by atoms with Crippen molar-refractivity contribution >= 4 is 11.7 Å². The minimum Gasteiger partial charge on any atom is -0.369 e. The first-order valence-electron chi connectivity index (χ1n) is 6.99. The van der Waals surface area contributed by atoms with Crippen molar-refractivity contribution in [3.63, 3.8) is 0 Å². The molecule has 2 N–H and O–H groups in total. The molecule has 2 aromatic rings. The predicted octanol–water partition coefficient (Wildman–Crippen LogP) is 0.710. The molecule has 0 aliphatic carbocycles. The summed E-state index contributed by atoms with van der Waals surface area (Å²) < 4.78 is 1.72. The van der Waals surface area contributed by atoms with Gasteiger partial charge in [0, 0.05) is 25.8 Å². The number of nitrogens with zero attached hydrogens (tertiary/aromatic N) is 5. The van der Waals surface area contributed by atoms with Crippen LogP contribution in [0, 0.1) is 0 Å². The molecule has 21 heavy (non-hydrogen) atoms. The van der Waals surface area contributed by atoms with Gasteiger partial charge in [0.15, 0.2) is 5.69 Å². The Morgan fingerprint density at radius 1 is 1.29 bits per heavy atom. The molecule has 0 saturated carbocycles. The summed E-state index contributed by atoms with van der Waals surface area (Å²) in [4.78, 5) is 11.9. The standard InChI is InChI=1S/C13H19N7O/c1-2-6-14-12-5-4-11(17-18-12)13(21)15-7-3-9-20-10-8-16-19-20/h4-5,8,10H,2-3,6-7,9H2,1H3,(H,14,18)(H,15,21). The van der Waals surface area contributed by atoms with Crippen molar-refractivity contribution in [1.29, 1.82) is 0 Å². The number of hydrogen-bond donors (Lipinski definition) is 2. The molecular weight excluding hydrogens is 270 g/mol. The van der Waals surface area contributed by atoms with Crippen molar-refractivity contribution in [3.05, 3.63) is 30.2 Å². The minimum atomic E-state index is -0.219. The van der Waals surface area contributed by atoms with Gasteiger partial charge in [-0.1, -0.05) is 12.1 Å². The molecule has 0 fully saturated rings. The van der Waals surface area contributed by atoms with Crippen LogP contribution in [0.4, 0.5) is 5.82 Å². The third-order valence-corrected chi connectivity index (χ3v) is 2.77. The highest BCUT2D eigenvalue weighted by Crippen LogP contribution is 2.02. The zero-order valence-corrected chi connectivity index (χ0v) is 12.0. The maximum atomic E-state index is 11.9. The van der Waals surface area contributed by atoms with Crippen LogP contribution in [-0.4, -0.2) is 44.2 Å². The van der Waals surface area contributed by atoms with Crippen LogP contribution in [0.25, 0.3) is 0 Å². The number of carbonyl (C=O) groups is 1. The minimum absolute atomic E-state index is 0.219. The van der Waals surface area contributed by atoms with Gasteiger partial charge in [-0.05, 0) is 25.0 Å². The fourth-order valence-electron chi connectivity index (χ4n) is 1.69. The molecule has 0 atom stereocenters. The van der Waals surface area contributed by atoms with Gasteiger partial charge in [0.25, 0.3) is 5.91 Å². The summed E-state index contributed by atoms with van der Waals surface area (Å²) in [6.45, 7) is 4.17. The highest BCUT2D eigenvalue weighted by Gasteiger charge is 2.07. The zero-order valence-electron chi connectivity index (χ0n) is 12.0. The summed E-state index contributed by atoms with van der Waals surface area (Å²) in [7, 11) is 0. The second-order valence-electron chi connectivity index (χ2n) is 4.51. The normalized spacial score (nSPS) is 10.3. The van der Waals surface area contributed by atoms with E-state index in [1.54, 1.807) is 29.2 Å². The lowest BCUT2D eigenvalue weighted by Gasteiger charge is -2.05. The number of amides is 1. The Labute approximate surface area is 123 Å². The van der Waals surface area contributed by atoms with Gasteiger partial charge in [-0.25, -0.2) is 0 Å². The highest BCUT2D eigenvalue weighted by atomic mass is 16.1. The van der Waals surface area contributed by atoms with Crippen molar-refractivity contribution in [2.24, 2.45) is 0 Å². The summed E-state index contributed by atoms with van der Waals surface area (Å²) in [6.07, 6.45) is 5.20. The van der Waals surface area contributed by atoms with Gasteiger partial charge in [0.05, 0.1) is 6.20 Å². The molecule has 0 aromatic carbocycles. The average Bonchev–Trinajstić information content (AvgIpc) is 3.03. The van der Waals surface area contributed by atoms with E-state index in [1.807, 2.05) is 0 Å². The fraction of sp³-hybridized carbons (Fsp3) is 0.462. The molecule has 2 rings (SSSR count). The van der Waals surface area contributed by atoms with Crippen LogP contribution in [0.2, 0.25) is 0 Å². The van der Waals surface area contributed by atoms with Crippen molar-refractivity contribution in [1.82, 2.24) is 30.5 Å². The Hall–Kier alpha value is -2.51. The van der Waals surface area contributed by atoms with Crippen molar-refractivity contribution < 1.29 is 4.79 Å². The van der Waals surface area contributed by atoms with E-state index in [4.69, 9.17) is 0 Å². The van der Waals surface area contributed by atoms with Crippen LogP contribution in [0.5, 0.6) is 0 Å². The Morgan fingerprint density at radius 3 is 2.86 bits per heavy atom. The largest absolute Gasteiger partial charge is 0.369 e. The van der Waals surface area contributed by atoms with Gasteiger partial charge in [0.1, 0.15) is 5.82 Å². The smallest absolute Gasteiger partial charge is 0.271 e. The molecular formula is C13H19N7O. The third kappa shape index (κ3) is 4.83. The Balaban J connectivity index is 1.72. The summed E-state index contributed by atoms with van der Waals surface area (Å²) in [5.41, 5.74) is 0.317. The number of nitrogens with one attached hydrogen (secondary N) is 2. The summed E-state index contributed by atoms with van der Waals surface area (Å²) in [6, 6.07) is 3.42. The van der Waals surface area contributed by atoms with Crippen LogP contribution in [0.15, 0.2) is 24.5 Å². The molecule has 0 bridgehead atoms. The first-order chi connectivity index (χ1) is 10.3. The van der Waals surface area contributed by atoms with Crippen LogP contribution < -0.4 is 10.6 Å². The third-order valence-electron chi connectivity index (χ3n) is 2.77. The van der Waals surface area contributed by atoms with Crippen LogP contribution in [-0.2, 0) is 6.54 Å². The van der Waals surface area contributed by atoms with E-state index in [9.17, 15) is 4.79 Å². The van der Waals surface area contributed by atoms with Crippen molar-refractivity contribution in [2.45, 2.75) is 26.3 Å². The number of anilines is 1. The van der Waals surface area contributed by atoms with E-state index in [1.165, 1.54) is 0 Å². The molecule has 0 spiro atoms. The van der Waals surface area contributed by atoms with Gasteiger partial charge in [-0.15, -0.1) is 15.3 Å². The Morgan fingerprint density at radius 2 is 2.19 bits per heavy atom. The number of carbonyl (C=O) groups excluding carboxylic acids is 1. The quantitative estimate of drug-likeness (QED) is 0.695. The van der Waals surface area contributed by atoms with Crippen LogP contribution >= 0.6 is 0 Å². The lowest BCUT2D eigenvalue weighted by atomic mass is 10.3. The molecule has 0 aliphatic rings. The fourth-order valence-corrected chi connectivity index (χ4v) is 1.69. The molecule has 8 heteroatoms. The van der Waals surface area contributed by atoms with Gasteiger partial charge in [0.2, 0.25) is 0 Å². The lowest BCUT2D eigenvalue weighted by molar-refractivity contribution is 0.0946. The van der Waals surface area contributed by atoms with E-state index in [-0.39, 0.29) is 5.91 Å². The molecule has 0 radical (unpaired) electrons. The highest BCUT2D eigenvalue weighted by molar-refractivity contribution is 5.92. The van der Waals surface area contributed by atoms with E-state index in [0.29, 0.717) is 24.6 Å². The van der Waals surface area contributed by atoms with Crippen LogP contribution in [0.1, 0.15) is 30.3 Å². The van der Waals surface area contributed by atoms with Gasteiger partial charge in [-0.2, -0.15) is 0 Å². The maximum absolute atomic E-state index is 11.9. The van der Waals surface area contributed by atoms with Crippen molar-refractivity contribution in [3.8, 4) is 0 Å². The van der Waals surface area contributed by atoms with E-state index in [0.717, 1.165) is 19.4 Å². The Kier molecular flexibility index (Phi) is 5.62. The predicted molar refractivity (Wildman–Crippen MR) is 77.8 cm³/mol. The number of aromatic nitrogens is 5. The molecule has 112 valence electrons. The van der Waals surface area contributed by atoms with E-state index < -0.39 is 0 Å². The van der Waals surface area contributed by atoms with Gasteiger partial charge < -0.3 is 10.6 Å². The summed E-state index contributed by atoms with van der Waals surface area (Å²) in [5.74, 6) is 0.461. The number of aryl methyl sites for hydroxylation is 1. The number of hydrogen-bond acceptors (Lipinski definition) is 6.